The summed E-state index contributed by atoms with van der Waals surface area (Å²) in [6.45, 7) is 0.297. The molecule has 2 aromatic carbocycles. The lowest BCUT2D eigenvalue weighted by Crippen LogP contribution is -2.34. The molecule has 1 aliphatic rings. The highest BCUT2D eigenvalue weighted by Crippen LogP contribution is 2.38. The van der Waals surface area contributed by atoms with E-state index in [1.165, 1.54) is 33.5 Å². The van der Waals surface area contributed by atoms with Gasteiger partial charge in [0.15, 0.2) is 11.5 Å². The number of methoxy groups -OCH3 is 3. The van der Waals surface area contributed by atoms with Crippen LogP contribution >= 0.6 is 0 Å². The normalized spacial score (nSPS) is 15.0. The molecule has 0 spiro atoms. The predicted molar refractivity (Wildman–Crippen MR) is 93.0 cm³/mol. The molecule has 1 heterocycles. The molecule has 3 rings (SSSR count). The number of amides is 1. The highest BCUT2D eigenvalue weighted by Gasteiger charge is 2.24. The average Bonchev–Trinajstić information content (AvgIpc) is 3.06. The average molecular weight is 361 g/mol. The summed E-state index contributed by atoms with van der Waals surface area (Å²) in [4.78, 5) is 12.5. The Labute approximate surface area is 150 Å². The van der Waals surface area contributed by atoms with Crippen LogP contribution in [0, 0.1) is 5.82 Å². The molecule has 7 heteroatoms. The van der Waals surface area contributed by atoms with Gasteiger partial charge in [-0.2, -0.15) is 0 Å². The molecular formula is C19H20FNO5. The molecule has 1 aliphatic heterocycles. The first-order valence-corrected chi connectivity index (χ1v) is 8.09. The lowest BCUT2D eigenvalue weighted by Gasteiger charge is -2.15. The molecule has 138 valence electrons. The Morgan fingerprint density at radius 3 is 2.46 bits per heavy atom. The molecule has 26 heavy (non-hydrogen) atoms. The summed E-state index contributed by atoms with van der Waals surface area (Å²) in [5, 5.41) is 2.82. The fourth-order valence-corrected chi connectivity index (χ4v) is 2.92. The van der Waals surface area contributed by atoms with Gasteiger partial charge in [0, 0.05) is 17.5 Å². The van der Waals surface area contributed by atoms with E-state index in [-0.39, 0.29) is 17.8 Å². The van der Waals surface area contributed by atoms with Gasteiger partial charge in [-0.15, -0.1) is 0 Å². The van der Waals surface area contributed by atoms with Crippen LogP contribution in [0.25, 0.3) is 0 Å². The molecule has 0 aromatic heterocycles. The lowest BCUT2D eigenvalue weighted by molar-refractivity contribution is 0.0932. The minimum Gasteiger partial charge on any atom is -0.493 e. The summed E-state index contributed by atoms with van der Waals surface area (Å²) in [6, 6.07) is 7.57. The lowest BCUT2D eigenvalue weighted by atomic mass is 10.1. The predicted octanol–water partition coefficient (Wildman–Crippen LogP) is 2.59. The topological polar surface area (TPSA) is 66.0 Å². The van der Waals surface area contributed by atoms with Gasteiger partial charge in [0.25, 0.3) is 5.91 Å². The molecule has 1 amide bonds. The second kappa shape index (κ2) is 7.51. The van der Waals surface area contributed by atoms with E-state index in [9.17, 15) is 9.18 Å². The summed E-state index contributed by atoms with van der Waals surface area (Å²) in [7, 11) is 4.47. The molecule has 0 saturated heterocycles. The largest absolute Gasteiger partial charge is 0.493 e. The molecule has 0 unspecified atom stereocenters. The van der Waals surface area contributed by atoms with Gasteiger partial charge in [-0.05, 0) is 30.3 Å². The van der Waals surface area contributed by atoms with Gasteiger partial charge in [0.2, 0.25) is 5.75 Å². The summed E-state index contributed by atoms with van der Waals surface area (Å²) in [5.74, 6) is 1.28. The standard InChI is InChI=1S/C19H20FNO5/c1-23-16-8-12(9-17(24-2)18(16)25-3)19(22)21-10-14-7-11-6-13(20)4-5-15(11)26-14/h4-6,8-9,14H,7,10H2,1-3H3,(H,21,22)/t14-/m1/s1. The van der Waals surface area contributed by atoms with Crippen molar-refractivity contribution in [3.8, 4) is 23.0 Å². The van der Waals surface area contributed by atoms with Gasteiger partial charge in [-0.1, -0.05) is 0 Å². The van der Waals surface area contributed by atoms with Crippen molar-refractivity contribution in [2.45, 2.75) is 12.5 Å². The number of benzene rings is 2. The second-order valence-electron chi connectivity index (χ2n) is 5.82. The smallest absolute Gasteiger partial charge is 0.251 e. The van der Waals surface area contributed by atoms with Crippen LogP contribution in [0.4, 0.5) is 4.39 Å². The number of ether oxygens (including phenoxy) is 4. The Hall–Kier alpha value is -2.96. The van der Waals surface area contributed by atoms with Gasteiger partial charge >= 0.3 is 0 Å². The third kappa shape index (κ3) is 3.51. The highest BCUT2D eigenvalue weighted by atomic mass is 19.1. The Morgan fingerprint density at radius 2 is 1.85 bits per heavy atom. The number of rotatable bonds is 6. The van der Waals surface area contributed by atoms with Crippen molar-refractivity contribution in [3.05, 3.63) is 47.3 Å². The van der Waals surface area contributed by atoms with E-state index in [4.69, 9.17) is 18.9 Å². The van der Waals surface area contributed by atoms with E-state index in [1.807, 2.05) is 0 Å². The molecule has 0 aliphatic carbocycles. The first-order chi connectivity index (χ1) is 12.5. The Balaban J connectivity index is 1.67. The van der Waals surface area contributed by atoms with Crippen LogP contribution in [0.15, 0.2) is 30.3 Å². The SMILES string of the molecule is COc1cc(C(=O)NC[C@H]2Cc3cc(F)ccc3O2)cc(OC)c1OC. The Kier molecular flexibility index (Phi) is 5.16. The van der Waals surface area contributed by atoms with Crippen molar-refractivity contribution in [2.75, 3.05) is 27.9 Å². The Morgan fingerprint density at radius 1 is 1.15 bits per heavy atom. The van der Waals surface area contributed by atoms with Crippen LogP contribution in [-0.2, 0) is 6.42 Å². The van der Waals surface area contributed by atoms with Crippen LogP contribution in [0.5, 0.6) is 23.0 Å². The summed E-state index contributed by atoms with van der Waals surface area (Å²) >= 11 is 0. The Bertz CT molecular complexity index is 799. The van der Waals surface area contributed by atoms with Crippen LogP contribution in [0.2, 0.25) is 0 Å². The number of carbonyl (C=O) groups is 1. The first kappa shape index (κ1) is 17.8. The van der Waals surface area contributed by atoms with E-state index in [2.05, 4.69) is 5.32 Å². The van der Waals surface area contributed by atoms with Gasteiger partial charge in [-0.3, -0.25) is 4.79 Å². The van der Waals surface area contributed by atoms with Crippen molar-refractivity contribution in [3.63, 3.8) is 0 Å². The quantitative estimate of drug-likeness (QED) is 0.857. The van der Waals surface area contributed by atoms with Crippen LogP contribution < -0.4 is 24.3 Å². The van der Waals surface area contributed by atoms with Crippen LogP contribution in [-0.4, -0.2) is 39.9 Å². The third-order valence-corrected chi connectivity index (χ3v) is 4.18. The van der Waals surface area contributed by atoms with Crippen molar-refractivity contribution < 1.29 is 28.1 Å². The van der Waals surface area contributed by atoms with E-state index >= 15 is 0 Å². The second-order valence-corrected chi connectivity index (χ2v) is 5.82. The van der Waals surface area contributed by atoms with Gasteiger partial charge in [0.1, 0.15) is 17.7 Å². The molecule has 1 N–H and O–H groups in total. The summed E-state index contributed by atoms with van der Waals surface area (Å²) in [6.07, 6.45) is 0.306. The zero-order valence-corrected chi connectivity index (χ0v) is 14.8. The maximum Gasteiger partial charge on any atom is 0.251 e. The summed E-state index contributed by atoms with van der Waals surface area (Å²) in [5.41, 5.74) is 1.18. The molecule has 1 atom stereocenters. The summed E-state index contributed by atoms with van der Waals surface area (Å²) < 4.78 is 34.8. The van der Waals surface area contributed by atoms with Crippen molar-refractivity contribution >= 4 is 5.91 Å². The number of fused-ring (bicyclic) bond motifs is 1. The molecule has 2 aromatic rings. The number of carbonyl (C=O) groups excluding carboxylic acids is 1. The van der Waals surface area contributed by atoms with Crippen molar-refractivity contribution in [1.82, 2.24) is 5.32 Å². The van der Waals surface area contributed by atoms with E-state index in [1.54, 1.807) is 18.2 Å². The first-order valence-electron chi connectivity index (χ1n) is 8.09. The molecule has 0 fully saturated rings. The van der Waals surface area contributed by atoms with E-state index < -0.39 is 0 Å². The molecule has 0 bridgehead atoms. The molecule has 0 saturated carbocycles. The van der Waals surface area contributed by atoms with E-state index in [0.717, 1.165) is 5.56 Å². The highest BCUT2D eigenvalue weighted by molar-refractivity contribution is 5.95. The fraction of sp³-hybridized carbons (Fsp3) is 0.316. The maximum atomic E-state index is 13.3. The fourth-order valence-electron chi connectivity index (χ4n) is 2.92. The monoisotopic (exact) mass is 361 g/mol. The van der Waals surface area contributed by atoms with Gasteiger partial charge in [0.05, 0.1) is 27.9 Å². The third-order valence-electron chi connectivity index (χ3n) is 4.18. The van der Waals surface area contributed by atoms with Crippen molar-refractivity contribution in [2.24, 2.45) is 0 Å². The van der Waals surface area contributed by atoms with Crippen LogP contribution in [0.1, 0.15) is 15.9 Å². The zero-order valence-electron chi connectivity index (χ0n) is 14.8. The zero-order chi connectivity index (χ0) is 18.7. The minimum atomic E-state index is -0.297. The molecule has 6 nitrogen and oxygen atoms in total. The number of hydrogen-bond donors (Lipinski definition) is 1. The molecule has 0 radical (unpaired) electrons. The molecular weight excluding hydrogens is 341 g/mol. The number of nitrogens with one attached hydrogen (secondary N) is 1. The van der Waals surface area contributed by atoms with Crippen molar-refractivity contribution in [1.29, 1.82) is 0 Å². The van der Waals surface area contributed by atoms with E-state index in [0.29, 0.717) is 41.5 Å². The number of halogens is 1. The van der Waals surface area contributed by atoms with Crippen LogP contribution in [0.3, 0.4) is 0 Å². The minimum absolute atomic E-state index is 0.238. The van der Waals surface area contributed by atoms with Gasteiger partial charge in [-0.25, -0.2) is 4.39 Å². The maximum absolute atomic E-state index is 13.3. The van der Waals surface area contributed by atoms with Gasteiger partial charge < -0.3 is 24.3 Å². The number of hydrogen-bond acceptors (Lipinski definition) is 5.